The fraction of sp³-hybridized carbons (Fsp3) is 0.643. The maximum Gasteiger partial charge on any atom is 0.350 e. The summed E-state index contributed by atoms with van der Waals surface area (Å²) in [5, 5.41) is 10.5. The van der Waals surface area contributed by atoms with Crippen LogP contribution >= 0.6 is 11.3 Å². The number of rotatable bonds is 4. The Kier molecular flexibility index (Phi) is 4.95. The van der Waals surface area contributed by atoms with Crippen LogP contribution in [0.3, 0.4) is 0 Å². The van der Waals surface area contributed by atoms with Gasteiger partial charge in [-0.3, -0.25) is 0 Å². The van der Waals surface area contributed by atoms with E-state index in [1.807, 2.05) is 13.8 Å². The Morgan fingerprint density at radius 1 is 1.43 bits per heavy atom. The molecule has 0 aromatic carbocycles. The summed E-state index contributed by atoms with van der Waals surface area (Å²) >= 11 is 1.29. The highest BCUT2D eigenvalue weighted by Crippen LogP contribution is 2.46. The topological polar surface area (TPSA) is 85.0 Å². The molecule has 0 aliphatic carbocycles. The lowest BCUT2D eigenvalue weighted by molar-refractivity contribution is 0.0607. The molecule has 118 valence electrons. The Morgan fingerprint density at radius 2 is 2.05 bits per heavy atom. The Hall–Kier alpha value is -1.47. The Morgan fingerprint density at radius 3 is 2.57 bits per heavy atom. The van der Waals surface area contributed by atoms with Crippen molar-refractivity contribution in [3.05, 3.63) is 4.88 Å². The van der Waals surface area contributed by atoms with Gasteiger partial charge in [-0.25, -0.2) is 4.79 Å². The molecule has 21 heavy (non-hydrogen) atoms. The van der Waals surface area contributed by atoms with Crippen molar-refractivity contribution < 1.29 is 19.4 Å². The Balaban J connectivity index is 2.35. The van der Waals surface area contributed by atoms with Gasteiger partial charge in [0.2, 0.25) is 0 Å². The molecule has 3 N–H and O–H groups in total. The van der Waals surface area contributed by atoms with Crippen molar-refractivity contribution in [1.82, 2.24) is 0 Å². The molecule has 2 rings (SSSR count). The van der Waals surface area contributed by atoms with Crippen molar-refractivity contribution >= 4 is 28.0 Å². The second kappa shape index (κ2) is 6.53. The van der Waals surface area contributed by atoms with E-state index < -0.39 is 5.97 Å². The lowest BCUT2D eigenvalue weighted by atomic mass is 10.1. The molecule has 1 aliphatic heterocycles. The molecule has 0 atom stereocenters. The van der Waals surface area contributed by atoms with Gasteiger partial charge in [0.1, 0.15) is 15.6 Å². The van der Waals surface area contributed by atoms with Crippen molar-refractivity contribution in [2.24, 2.45) is 0 Å². The van der Waals surface area contributed by atoms with Gasteiger partial charge in [0.15, 0.2) is 5.75 Å². The molecule has 1 aliphatic rings. The van der Waals surface area contributed by atoms with E-state index in [4.69, 9.17) is 15.2 Å². The lowest BCUT2D eigenvalue weighted by Gasteiger charge is -2.31. The number of nitrogens with two attached hydrogens (primary N) is 1. The minimum atomic E-state index is -0.450. The van der Waals surface area contributed by atoms with Gasteiger partial charge in [0.25, 0.3) is 0 Å². The van der Waals surface area contributed by atoms with Gasteiger partial charge in [-0.05, 0) is 26.7 Å². The molecule has 0 amide bonds. The monoisotopic (exact) mass is 314 g/mol. The number of thiophene rings is 1. The number of methoxy groups -OCH3 is 1. The van der Waals surface area contributed by atoms with Crippen LogP contribution in [0.2, 0.25) is 0 Å². The van der Waals surface area contributed by atoms with Crippen molar-refractivity contribution in [1.29, 1.82) is 0 Å². The summed E-state index contributed by atoms with van der Waals surface area (Å²) in [5.41, 5.74) is 6.41. The summed E-state index contributed by atoms with van der Waals surface area (Å²) in [6, 6.07) is 0. The number of nitrogens with zero attached hydrogens (tertiary/aromatic N) is 1. The van der Waals surface area contributed by atoms with E-state index in [0.29, 0.717) is 29.2 Å². The van der Waals surface area contributed by atoms with Gasteiger partial charge in [-0.2, -0.15) is 0 Å². The quantitative estimate of drug-likeness (QED) is 0.825. The summed E-state index contributed by atoms with van der Waals surface area (Å²) in [7, 11) is 1.33. The van der Waals surface area contributed by atoms with E-state index in [9.17, 15) is 9.90 Å². The smallest absolute Gasteiger partial charge is 0.350 e. The van der Waals surface area contributed by atoms with Gasteiger partial charge >= 0.3 is 5.97 Å². The number of anilines is 2. The molecular weight excluding hydrogens is 292 g/mol. The molecule has 1 fully saturated rings. The summed E-state index contributed by atoms with van der Waals surface area (Å²) in [4.78, 5) is 14.3. The number of piperidine rings is 1. The van der Waals surface area contributed by atoms with Gasteiger partial charge in [-0.1, -0.05) is 0 Å². The van der Waals surface area contributed by atoms with E-state index in [0.717, 1.165) is 18.1 Å². The highest BCUT2D eigenvalue weighted by atomic mass is 32.1. The third kappa shape index (κ3) is 3.41. The first-order valence-electron chi connectivity index (χ1n) is 7.04. The van der Waals surface area contributed by atoms with E-state index in [-0.39, 0.29) is 12.2 Å². The zero-order valence-electron chi connectivity index (χ0n) is 12.6. The number of hydrogen-bond donors (Lipinski definition) is 2. The van der Waals surface area contributed by atoms with Crippen LogP contribution in [-0.4, -0.2) is 43.5 Å². The minimum Gasteiger partial charge on any atom is -0.486 e. The number of aliphatic hydroxyl groups excluding tert-OH is 1. The largest absolute Gasteiger partial charge is 0.486 e. The van der Waals surface area contributed by atoms with E-state index >= 15 is 0 Å². The average molecular weight is 314 g/mol. The summed E-state index contributed by atoms with van der Waals surface area (Å²) < 4.78 is 10.6. The van der Waals surface area contributed by atoms with Crippen LogP contribution in [-0.2, 0) is 4.74 Å². The number of ether oxygens (including phenoxy) is 2. The van der Waals surface area contributed by atoms with Gasteiger partial charge in [0, 0.05) is 13.1 Å². The SMILES string of the molecule is COC(=O)c1sc(N2CCC(O)CC2)c(OC(C)C)c1N. The van der Waals surface area contributed by atoms with Gasteiger partial charge in [0.05, 0.1) is 19.3 Å². The number of aliphatic hydroxyl groups is 1. The standard InChI is InChI=1S/C14H22N2O4S/c1-8(2)20-11-10(15)12(14(18)19-3)21-13(11)16-6-4-9(17)5-7-16/h8-9,17H,4-7,15H2,1-3H3. The molecule has 1 saturated heterocycles. The molecule has 0 saturated carbocycles. The van der Waals surface area contributed by atoms with Crippen LogP contribution in [0, 0.1) is 0 Å². The highest BCUT2D eigenvalue weighted by Gasteiger charge is 2.28. The first-order valence-corrected chi connectivity index (χ1v) is 7.86. The van der Waals surface area contributed by atoms with Crippen LogP contribution in [0.5, 0.6) is 5.75 Å². The van der Waals surface area contributed by atoms with Crippen LogP contribution in [0.25, 0.3) is 0 Å². The Labute approximate surface area is 128 Å². The second-order valence-electron chi connectivity index (χ2n) is 5.36. The lowest BCUT2D eigenvalue weighted by Crippen LogP contribution is -2.35. The van der Waals surface area contributed by atoms with Gasteiger partial charge < -0.3 is 25.2 Å². The van der Waals surface area contributed by atoms with Crippen LogP contribution in [0.15, 0.2) is 0 Å². The molecule has 1 aromatic rings. The van der Waals surface area contributed by atoms with Crippen molar-refractivity contribution in [3.8, 4) is 5.75 Å². The van der Waals surface area contributed by atoms with Crippen LogP contribution in [0.1, 0.15) is 36.4 Å². The second-order valence-corrected chi connectivity index (χ2v) is 6.35. The number of nitrogen functional groups attached to an aromatic ring is 1. The third-order valence-electron chi connectivity index (χ3n) is 3.36. The first kappa shape index (κ1) is 15.9. The molecule has 0 spiro atoms. The molecule has 0 bridgehead atoms. The normalized spacial score (nSPS) is 16.3. The minimum absolute atomic E-state index is 0.0403. The highest BCUT2D eigenvalue weighted by molar-refractivity contribution is 7.19. The average Bonchev–Trinajstić information content (AvgIpc) is 2.76. The Bertz CT molecular complexity index is 507. The molecular formula is C14H22N2O4S. The van der Waals surface area contributed by atoms with Crippen molar-refractivity contribution in [2.45, 2.75) is 38.9 Å². The predicted molar refractivity (Wildman–Crippen MR) is 83.3 cm³/mol. The zero-order chi connectivity index (χ0) is 15.6. The first-order chi connectivity index (χ1) is 9.93. The maximum atomic E-state index is 11.8. The number of carbonyl (C=O) groups excluding carboxylic acids is 1. The zero-order valence-corrected chi connectivity index (χ0v) is 13.4. The molecule has 0 unspecified atom stereocenters. The number of hydrogen-bond acceptors (Lipinski definition) is 7. The number of carbonyl (C=O) groups is 1. The maximum absolute atomic E-state index is 11.8. The summed E-state index contributed by atoms with van der Waals surface area (Å²) in [5.74, 6) is 0.0983. The molecule has 6 nitrogen and oxygen atoms in total. The molecule has 0 radical (unpaired) electrons. The van der Waals surface area contributed by atoms with E-state index in [2.05, 4.69) is 4.90 Å². The van der Waals surface area contributed by atoms with Crippen LogP contribution in [0.4, 0.5) is 10.7 Å². The van der Waals surface area contributed by atoms with E-state index in [1.54, 1.807) is 0 Å². The third-order valence-corrected chi connectivity index (χ3v) is 4.59. The van der Waals surface area contributed by atoms with Crippen molar-refractivity contribution in [3.63, 3.8) is 0 Å². The predicted octanol–water partition coefficient (Wildman–Crippen LogP) is 1.87. The van der Waals surface area contributed by atoms with Crippen LogP contribution < -0.4 is 15.4 Å². The summed E-state index contributed by atoms with van der Waals surface area (Å²) in [6.07, 6.45) is 1.11. The van der Waals surface area contributed by atoms with Gasteiger partial charge in [-0.15, -0.1) is 11.3 Å². The molecule has 1 aromatic heterocycles. The van der Waals surface area contributed by atoms with Crippen molar-refractivity contribution in [2.75, 3.05) is 30.8 Å². The van der Waals surface area contributed by atoms with E-state index in [1.165, 1.54) is 18.4 Å². The molecule has 2 heterocycles. The fourth-order valence-electron chi connectivity index (χ4n) is 2.29. The fourth-order valence-corrected chi connectivity index (χ4v) is 3.41. The number of esters is 1. The molecule has 7 heteroatoms. The summed E-state index contributed by atoms with van der Waals surface area (Å²) in [6.45, 7) is 5.27.